The second-order valence-electron chi connectivity index (χ2n) is 5.80. The van der Waals surface area contributed by atoms with Crippen molar-refractivity contribution >= 4 is 11.8 Å². The molecule has 1 aliphatic heterocycles. The van der Waals surface area contributed by atoms with Crippen molar-refractivity contribution in [2.75, 3.05) is 13.6 Å². The molecule has 2 heterocycles. The first kappa shape index (κ1) is 14.6. The van der Waals surface area contributed by atoms with Gasteiger partial charge in [-0.25, -0.2) is 4.98 Å². The van der Waals surface area contributed by atoms with E-state index in [4.69, 9.17) is 0 Å². The molecule has 0 saturated carbocycles. The molecular weight excluding hydrogens is 256 g/mol. The van der Waals surface area contributed by atoms with E-state index in [1.807, 2.05) is 31.7 Å². The Kier molecular flexibility index (Phi) is 4.11. The smallest absolute Gasteiger partial charge is 0.226 e. The Hall–Kier alpha value is -1.85. The van der Waals surface area contributed by atoms with Crippen molar-refractivity contribution in [3.05, 3.63) is 18.2 Å². The largest absolute Gasteiger partial charge is 0.346 e. The third-order valence-corrected chi connectivity index (χ3v) is 3.81. The van der Waals surface area contributed by atoms with Gasteiger partial charge in [0.2, 0.25) is 11.8 Å². The van der Waals surface area contributed by atoms with Crippen molar-refractivity contribution in [1.82, 2.24) is 19.8 Å². The van der Waals surface area contributed by atoms with Crippen LogP contribution in [0.3, 0.4) is 0 Å². The summed E-state index contributed by atoms with van der Waals surface area (Å²) in [6.07, 6.45) is 3.89. The van der Waals surface area contributed by atoms with Crippen molar-refractivity contribution in [3.63, 3.8) is 0 Å². The van der Waals surface area contributed by atoms with Crippen LogP contribution in [-0.2, 0) is 16.6 Å². The zero-order valence-electron chi connectivity index (χ0n) is 12.5. The van der Waals surface area contributed by atoms with Crippen LogP contribution < -0.4 is 5.32 Å². The van der Waals surface area contributed by atoms with E-state index in [9.17, 15) is 9.59 Å². The highest BCUT2D eigenvalue weighted by atomic mass is 16.2. The van der Waals surface area contributed by atoms with Crippen molar-refractivity contribution in [1.29, 1.82) is 0 Å². The Labute approximate surface area is 119 Å². The van der Waals surface area contributed by atoms with Crippen LogP contribution in [0.5, 0.6) is 0 Å². The lowest BCUT2D eigenvalue weighted by molar-refractivity contribution is -0.128. The molecule has 2 amide bonds. The van der Waals surface area contributed by atoms with Gasteiger partial charge in [0, 0.05) is 39.5 Å². The lowest BCUT2D eigenvalue weighted by Gasteiger charge is -2.23. The van der Waals surface area contributed by atoms with E-state index in [1.165, 1.54) is 0 Å². The molecule has 110 valence electrons. The molecule has 6 nitrogen and oxygen atoms in total. The molecule has 1 aliphatic rings. The lowest BCUT2D eigenvalue weighted by Crippen LogP contribution is -2.38. The van der Waals surface area contributed by atoms with Gasteiger partial charge in [-0.3, -0.25) is 9.59 Å². The SMILES string of the molecule is CC(C)[C@H](NC(=O)[C@@H]1CC(=O)N(C)C1)c1nccn1C. The Bertz CT molecular complexity index is 509. The summed E-state index contributed by atoms with van der Waals surface area (Å²) < 4.78 is 1.91. The molecule has 0 aromatic carbocycles. The lowest BCUT2D eigenvalue weighted by atomic mass is 10.0. The van der Waals surface area contributed by atoms with Gasteiger partial charge in [0.05, 0.1) is 12.0 Å². The highest BCUT2D eigenvalue weighted by Crippen LogP contribution is 2.22. The van der Waals surface area contributed by atoms with Crippen LogP contribution in [0.4, 0.5) is 0 Å². The number of hydrogen-bond acceptors (Lipinski definition) is 3. The van der Waals surface area contributed by atoms with E-state index >= 15 is 0 Å². The van der Waals surface area contributed by atoms with Crippen molar-refractivity contribution in [3.8, 4) is 0 Å². The molecule has 2 atom stereocenters. The highest BCUT2D eigenvalue weighted by Gasteiger charge is 2.34. The summed E-state index contributed by atoms with van der Waals surface area (Å²) in [5.41, 5.74) is 0. The molecular formula is C14H22N4O2. The molecule has 20 heavy (non-hydrogen) atoms. The summed E-state index contributed by atoms with van der Waals surface area (Å²) in [5.74, 6) is 0.780. The van der Waals surface area contributed by atoms with Crippen molar-refractivity contribution in [2.45, 2.75) is 26.3 Å². The molecule has 0 unspecified atom stereocenters. The number of likely N-dealkylation sites (tertiary alicyclic amines) is 1. The fraction of sp³-hybridized carbons (Fsp3) is 0.643. The Morgan fingerprint density at radius 3 is 2.60 bits per heavy atom. The molecule has 0 spiro atoms. The van der Waals surface area contributed by atoms with Crippen molar-refractivity contribution in [2.24, 2.45) is 18.9 Å². The predicted octanol–water partition coefficient (Wildman–Crippen LogP) is 0.712. The zero-order valence-corrected chi connectivity index (χ0v) is 12.5. The van der Waals surface area contributed by atoms with E-state index in [0.29, 0.717) is 13.0 Å². The molecule has 0 aliphatic carbocycles. The average molecular weight is 278 g/mol. The number of nitrogens with one attached hydrogen (secondary N) is 1. The number of carbonyl (C=O) groups excluding carboxylic acids is 2. The summed E-state index contributed by atoms with van der Waals surface area (Å²) >= 11 is 0. The monoisotopic (exact) mass is 278 g/mol. The second kappa shape index (κ2) is 5.64. The first-order chi connectivity index (χ1) is 9.40. The number of hydrogen-bond donors (Lipinski definition) is 1. The molecule has 1 aromatic rings. The summed E-state index contributed by atoms with van der Waals surface area (Å²) in [4.78, 5) is 29.8. The summed E-state index contributed by atoms with van der Waals surface area (Å²) in [7, 11) is 3.64. The summed E-state index contributed by atoms with van der Waals surface area (Å²) in [6, 6.07) is -0.136. The van der Waals surface area contributed by atoms with Crippen LogP contribution in [-0.4, -0.2) is 39.9 Å². The van der Waals surface area contributed by atoms with Gasteiger partial charge in [0.1, 0.15) is 5.82 Å². The topological polar surface area (TPSA) is 67.2 Å². The van der Waals surface area contributed by atoms with E-state index in [-0.39, 0.29) is 29.7 Å². The van der Waals surface area contributed by atoms with Gasteiger partial charge >= 0.3 is 0 Å². The standard InChI is InChI=1S/C14H22N4O2/c1-9(2)12(13-15-5-6-17(13)3)16-14(20)10-7-11(19)18(4)8-10/h5-6,9-10,12H,7-8H2,1-4H3,(H,16,20)/t10-,12+/m1/s1. The fourth-order valence-electron chi connectivity index (χ4n) is 2.52. The predicted molar refractivity (Wildman–Crippen MR) is 74.7 cm³/mol. The molecule has 1 fully saturated rings. The van der Waals surface area contributed by atoms with Gasteiger partial charge in [-0.15, -0.1) is 0 Å². The Morgan fingerprint density at radius 1 is 1.45 bits per heavy atom. The van der Waals surface area contributed by atoms with Gasteiger partial charge < -0.3 is 14.8 Å². The number of aromatic nitrogens is 2. The van der Waals surface area contributed by atoms with Crippen LogP contribution in [0.15, 0.2) is 12.4 Å². The molecule has 6 heteroatoms. The molecule has 1 saturated heterocycles. The molecule has 2 rings (SSSR count). The van der Waals surface area contributed by atoms with Crippen LogP contribution >= 0.6 is 0 Å². The maximum Gasteiger partial charge on any atom is 0.226 e. The molecule has 1 aromatic heterocycles. The summed E-state index contributed by atoms with van der Waals surface area (Å²) in [5, 5.41) is 3.04. The number of aryl methyl sites for hydroxylation is 1. The van der Waals surface area contributed by atoms with Crippen LogP contribution in [0.2, 0.25) is 0 Å². The van der Waals surface area contributed by atoms with Crippen LogP contribution in [0, 0.1) is 11.8 Å². The minimum absolute atomic E-state index is 0.0308. The minimum Gasteiger partial charge on any atom is -0.346 e. The second-order valence-corrected chi connectivity index (χ2v) is 5.80. The van der Waals surface area contributed by atoms with Gasteiger partial charge in [-0.05, 0) is 5.92 Å². The van der Waals surface area contributed by atoms with Gasteiger partial charge in [-0.1, -0.05) is 13.8 Å². The molecule has 1 N–H and O–H groups in total. The Balaban J connectivity index is 2.08. The summed E-state index contributed by atoms with van der Waals surface area (Å²) in [6.45, 7) is 4.59. The number of carbonyl (C=O) groups is 2. The van der Waals surface area contributed by atoms with E-state index in [1.54, 1.807) is 18.1 Å². The van der Waals surface area contributed by atoms with Gasteiger partial charge in [0.15, 0.2) is 0 Å². The molecule has 0 bridgehead atoms. The zero-order chi connectivity index (χ0) is 14.9. The van der Waals surface area contributed by atoms with E-state index < -0.39 is 0 Å². The van der Waals surface area contributed by atoms with Crippen LogP contribution in [0.25, 0.3) is 0 Å². The maximum absolute atomic E-state index is 12.3. The third kappa shape index (κ3) is 2.84. The normalized spacial score (nSPS) is 20.6. The molecule has 0 radical (unpaired) electrons. The average Bonchev–Trinajstić information content (AvgIpc) is 2.93. The third-order valence-electron chi connectivity index (χ3n) is 3.81. The minimum atomic E-state index is -0.256. The maximum atomic E-state index is 12.3. The first-order valence-electron chi connectivity index (χ1n) is 6.91. The van der Waals surface area contributed by atoms with E-state index in [2.05, 4.69) is 10.3 Å². The highest BCUT2D eigenvalue weighted by molar-refractivity contribution is 5.89. The first-order valence-corrected chi connectivity index (χ1v) is 6.91. The van der Waals surface area contributed by atoms with Crippen molar-refractivity contribution < 1.29 is 9.59 Å². The number of nitrogens with zero attached hydrogens (tertiary/aromatic N) is 3. The fourth-order valence-corrected chi connectivity index (χ4v) is 2.52. The van der Waals surface area contributed by atoms with Crippen LogP contribution in [0.1, 0.15) is 32.1 Å². The number of imidazole rings is 1. The quantitative estimate of drug-likeness (QED) is 0.882. The van der Waals surface area contributed by atoms with E-state index in [0.717, 1.165) is 5.82 Å². The number of rotatable bonds is 4. The Morgan fingerprint density at radius 2 is 2.15 bits per heavy atom. The van der Waals surface area contributed by atoms with Gasteiger partial charge in [-0.2, -0.15) is 0 Å². The number of amides is 2. The van der Waals surface area contributed by atoms with Gasteiger partial charge in [0.25, 0.3) is 0 Å².